The van der Waals surface area contributed by atoms with Crippen LogP contribution in [0.4, 0.5) is 0 Å². The van der Waals surface area contributed by atoms with Crippen LogP contribution in [-0.4, -0.2) is 66.3 Å². The molecule has 0 radical (unpaired) electrons. The number of carbonyl (C=O) groups excluding carboxylic acids is 1. The molecule has 26 heavy (non-hydrogen) atoms. The van der Waals surface area contributed by atoms with Crippen molar-refractivity contribution in [2.45, 2.75) is 37.6 Å². The summed E-state index contributed by atoms with van der Waals surface area (Å²) in [4.78, 5) is 11.5. The van der Waals surface area contributed by atoms with Crippen molar-refractivity contribution in [2.75, 3.05) is 6.61 Å². The minimum Gasteiger partial charge on any atom is -0.463 e. The van der Waals surface area contributed by atoms with Crippen molar-refractivity contribution in [1.82, 2.24) is 11.5 Å². The summed E-state index contributed by atoms with van der Waals surface area (Å²) >= 11 is 0. The van der Waals surface area contributed by atoms with Gasteiger partial charge in [0.05, 0.1) is 6.61 Å². The first-order valence-electron chi connectivity index (χ1n) is 7.30. The molecule has 11 nitrogen and oxygen atoms in total. The third kappa shape index (κ3) is 5.88. The van der Waals surface area contributed by atoms with Gasteiger partial charge in [0.2, 0.25) is 12.2 Å². The average Bonchev–Trinajstić information content (AvgIpc) is 2.53. The minimum absolute atomic E-state index is 0. The van der Waals surface area contributed by atoms with Gasteiger partial charge in [0, 0.05) is 6.92 Å². The molecular weight excluding hydrogens is 372 g/mol. The van der Waals surface area contributed by atoms with Crippen LogP contribution in [0.15, 0.2) is 30.3 Å². The van der Waals surface area contributed by atoms with E-state index in [2.05, 4.69) is 9.50 Å². The predicted octanol–water partition coefficient (Wildman–Crippen LogP) is -1.00. The highest BCUT2D eigenvalue weighted by molar-refractivity contribution is 7.80. The van der Waals surface area contributed by atoms with E-state index in [0.29, 0.717) is 5.75 Å². The SMILES string of the molecule is CC(=O)N[C@H]1[C@H](Oc2ccccc2)O[C@H](CO)[C@H](O)[C@@H]1OS(=O)(=O)O.N. The van der Waals surface area contributed by atoms with Crippen molar-refractivity contribution in [2.24, 2.45) is 0 Å². The van der Waals surface area contributed by atoms with Crippen LogP contribution in [0.25, 0.3) is 0 Å². The van der Waals surface area contributed by atoms with Gasteiger partial charge in [-0.3, -0.25) is 9.35 Å². The average molecular weight is 394 g/mol. The number of para-hydroxylation sites is 1. The number of rotatable bonds is 6. The summed E-state index contributed by atoms with van der Waals surface area (Å²) in [5.41, 5.74) is 0. The number of hydrogen-bond donors (Lipinski definition) is 5. The number of aliphatic hydroxyl groups excluding tert-OH is 2. The van der Waals surface area contributed by atoms with Gasteiger partial charge in [-0.05, 0) is 12.1 Å². The molecule has 12 heteroatoms. The quantitative estimate of drug-likeness (QED) is 0.374. The van der Waals surface area contributed by atoms with Crippen molar-refractivity contribution in [3.63, 3.8) is 0 Å². The zero-order chi connectivity index (χ0) is 18.6. The largest absolute Gasteiger partial charge is 0.463 e. The summed E-state index contributed by atoms with van der Waals surface area (Å²) in [5, 5.41) is 21.9. The van der Waals surface area contributed by atoms with Crippen LogP contribution in [0.2, 0.25) is 0 Å². The summed E-state index contributed by atoms with van der Waals surface area (Å²) in [5.74, 6) is -0.240. The van der Waals surface area contributed by atoms with Crippen LogP contribution >= 0.6 is 0 Å². The molecule has 148 valence electrons. The summed E-state index contributed by atoms with van der Waals surface area (Å²) in [7, 11) is -4.96. The number of hydrogen-bond acceptors (Lipinski definition) is 9. The molecule has 1 heterocycles. The summed E-state index contributed by atoms with van der Waals surface area (Å²) in [6.45, 7) is 0.489. The van der Waals surface area contributed by atoms with Gasteiger partial charge in [-0.1, -0.05) is 18.2 Å². The van der Waals surface area contributed by atoms with Crippen LogP contribution in [-0.2, 0) is 24.1 Å². The lowest BCUT2D eigenvalue weighted by Gasteiger charge is -2.43. The molecule has 1 aromatic rings. The van der Waals surface area contributed by atoms with Crippen molar-refractivity contribution < 1.29 is 41.6 Å². The van der Waals surface area contributed by atoms with Gasteiger partial charge in [-0.15, -0.1) is 0 Å². The second-order valence-corrected chi connectivity index (χ2v) is 6.41. The molecule has 2 rings (SSSR count). The third-order valence-corrected chi connectivity index (χ3v) is 3.92. The lowest BCUT2D eigenvalue weighted by Crippen LogP contribution is -2.66. The molecule has 1 amide bonds. The highest BCUT2D eigenvalue weighted by atomic mass is 32.3. The molecule has 0 bridgehead atoms. The second kappa shape index (κ2) is 9.23. The van der Waals surface area contributed by atoms with Crippen molar-refractivity contribution >= 4 is 16.3 Å². The van der Waals surface area contributed by atoms with E-state index in [1.165, 1.54) is 0 Å². The van der Waals surface area contributed by atoms with Gasteiger partial charge in [0.1, 0.15) is 30.1 Å². The topological polar surface area (TPSA) is 187 Å². The third-order valence-electron chi connectivity index (χ3n) is 3.45. The number of aliphatic hydroxyl groups is 2. The van der Waals surface area contributed by atoms with Gasteiger partial charge >= 0.3 is 10.4 Å². The molecule has 1 aromatic carbocycles. The van der Waals surface area contributed by atoms with Crippen molar-refractivity contribution in [3.8, 4) is 5.75 Å². The fraction of sp³-hybridized carbons (Fsp3) is 0.500. The fourth-order valence-electron chi connectivity index (χ4n) is 2.44. The molecule has 0 unspecified atom stereocenters. The number of carbonyl (C=O) groups is 1. The predicted molar refractivity (Wildman–Crippen MR) is 87.9 cm³/mol. The van der Waals surface area contributed by atoms with E-state index < -0.39 is 53.6 Å². The molecule has 1 aliphatic heterocycles. The van der Waals surface area contributed by atoms with Gasteiger partial charge in [0.25, 0.3) is 0 Å². The lowest BCUT2D eigenvalue weighted by atomic mass is 9.97. The molecule has 1 fully saturated rings. The smallest absolute Gasteiger partial charge is 0.397 e. The van der Waals surface area contributed by atoms with Crippen molar-refractivity contribution in [3.05, 3.63) is 30.3 Å². The zero-order valence-corrected chi connectivity index (χ0v) is 14.7. The number of amides is 1. The van der Waals surface area contributed by atoms with Gasteiger partial charge < -0.3 is 31.2 Å². The molecule has 0 aromatic heterocycles. The van der Waals surface area contributed by atoms with Crippen LogP contribution in [0, 0.1) is 0 Å². The Balaban J connectivity index is 0.00000338. The van der Waals surface area contributed by atoms with Crippen LogP contribution < -0.4 is 16.2 Å². The highest BCUT2D eigenvalue weighted by Gasteiger charge is 2.49. The molecule has 0 saturated carbocycles. The first-order chi connectivity index (χ1) is 11.7. The van der Waals surface area contributed by atoms with Gasteiger partial charge in [0.15, 0.2) is 0 Å². The van der Waals surface area contributed by atoms with E-state index in [1.54, 1.807) is 30.3 Å². The Hall–Kier alpha value is -1.80. The maximum atomic E-state index is 11.5. The van der Waals surface area contributed by atoms with E-state index in [-0.39, 0.29) is 6.15 Å². The van der Waals surface area contributed by atoms with Crippen LogP contribution in [0.3, 0.4) is 0 Å². The lowest BCUT2D eigenvalue weighted by molar-refractivity contribution is -0.239. The normalized spacial score (nSPS) is 28.7. The monoisotopic (exact) mass is 394 g/mol. The first-order valence-corrected chi connectivity index (χ1v) is 8.66. The van der Waals surface area contributed by atoms with Gasteiger partial charge in [-0.25, -0.2) is 4.18 Å². The number of benzene rings is 1. The minimum atomic E-state index is -4.96. The summed E-state index contributed by atoms with van der Waals surface area (Å²) in [6.07, 6.45) is -5.85. The van der Waals surface area contributed by atoms with Crippen LogP contribution in [0.5, 0.6) is 5.75 Å². The Morgan fingerprint density at radius 1 is 1.31 bits per heavy atom. The molecular formula is C14H22N2O9S. The summed E-state index contributed by atoms with van der Waals surface area (Å²) in [6, 6.07) is 6.99. The zero-order valence-electron chi connectivity index (χ0n) is 13.9. The molecule has 0 aliphatic carbocycles. The number of ether oxygens (including phenoxy) is 2. The summed E-state index contributed by atoms with van der Waals surface area (Å²) < 4.78 is 46.7. The Morgan fingerprint density at radius 3 is 2.42 bits per heavy atom. The molecule has 7 N–H and O–H groups in total. The van der Waals surface area contributed by atoms with Crippen LogP contribution in [0.1, 0.15) is 6.92 Å². The van der Waals surface area contributed by atoms with Crippen molar-refractivity contribution in [1.29, 1.82) is 0 Å². The number of nitrogens with one attached hydrogen (secondary N) is 1. The fourth-order valence-corrected chi connectivity index (χ4v) is 2.96. The van der Waals surface area contributed by atoms with E-state index in [1.807, 2.05) is 0 Å². The van der Waals surface area contributed by atoms with E-state index in [9.17, 15) is 23.4 Å². The standard InChI is InChI=1S/C14H19NO9S.H3N/c1-8(17)15-11-13(24-25(19,20)21)12(18)10(7-16)23-14(11)22-9-5-3-2-4-6-9;/h2-6,10-14,16,18H,7H2,1H3,(H,15,17)(H,19,20,21);1H3/t10-,11-,12+,13-,14-;/m1./s1. The Bertz CT molecular complexity index is 685. The molecule has 1 saturated heterocycles. The Morgan fingerprint density at radius 2 is 1.92 bits per heavy atom. The van der Waals surface area contributed by atoms with Gasteiger partial charge in [-0.2, -0.15) is 8.42 Å². The van der Waals surface area contributed by atoms with E-state index in [4.69, 9.17) is 14.0 Å². The van der Waals surface area contributed by atoms with E-state index in [0.717, 1.165) is 6.92 Å². The maximum absolute atomic E-state index is 11.5. The maximum Gasteiger partial charge on any atom is 0.397 e. The molecule has 1 aliphatic rings. The van der Waals surface area contributed by atoms with E-state index >= 15 is 0 Å². The Labute approximate surface area is 150 Å². The first kappa shape index (κ1) is 22.2. The Kier molecular flexibility index (Phi) is 7.89. The molecule has 5 atom stereocenters. The molecule has 0 spiro atoms. The second-order valence-electron chi connectivity index (χ2n) is 5.36. The highest BCUT2D eigenvalue weighted by Crippen LogP contribution is 2.27.